The first-order valence-corrected chi connectivity index (χ1v) is 8.86. The van der Waals surface area contributed by atoms with Gasteiger partial charge in [-0.05, 0) is 42.5 Å². The molecule has 0 aromatic heterocycles. The normalized spacial score (nSPS) is 10.1. The van der Waals surface area contributed by atoms with E-state index in [2.05, 4.69) is 0 Å². The van der Waals surface area contributed by atoms with Crippen LogP contribution >= 0.6 is 0 Å². The van der Waals surface area contributed by atoms with E-state index in [1.165, 1.54) is 14.2 Å². The highest BCUT2D eigenvalue weighted by Crippen LogP contribution is 2.25. The van der Waals surface area contributed by atoms with Crippen molar-refractivity contribution in [2.75, 3.05) is 20.8 Å². The maximum atomic E-state index is 12.4. The number of carbonyl (C=O) groups is 2. The number of ketones is 1. The molecule has 0 saturated heterocycles. The molecule has 3 rings (SSSR count). The number of Topliss-reactive ketones (excluding diaryl/α,β-unsaturated/α-hetero) is 1. The fourth-order valence-electron chi connectivity index (χ4n) is 2.63. The Balaban J connectivity index is 1.65. The smallest absolute Gasteiger partial charge is 0.338 e. The first-order chi connectivity index (χ1) is 14.1. The topological polar surface area (TPSA) is 71.1 Å². The molecule has 3 aromatic rings. The van der Waals surface area contributed by atoms with Crippen LogP contribution in [0.5, 0.6) is 23.0 Å². The van der Waals surface area contributed by atoms with Crippen LogP contribution in [-0.2, 0) is 4.74 Å². The standard InChI is InChI=1S/C23H20O6/c1-26-18-11-12-20(22(14-18)27-2)21(24)15-28-23(25)16-7-6-10-19(13-16)29-17-8-4-3-5-9-17/h3-14H,15H2,1-2H3. The second-order valence-electron chi connectivity index (χ2n) is 6.01. The summed E-state index contributed by atoms with van der Waals surface area (Å²) < 4.78 is 21.2. The highest BCUT2D eigenvalue weighted by Gasteiger charge is 2.17. The first-order valence-electron chi connectivity index (χ1n) is 8.86. The van der Waals surface area contributed by atoms with E-state index in [9.17, 15) is 9.59 Å². The van der Waals surface area contributed by atoms with Gasteiger partial charge in [0.1, 0.15) is 23.0 Å². The van der Waals surface area contributed by atoms with Gasteiger partial charge in [0.25, 0.3) is 0 Å². The van der Waals surface area contributed by atoms with Crippen LogP contribution in [0.15, 0.2) is 72.8 Å². The van der Waals surface area contributed by atoms with Crippen molar-refractivity contribution in [2.24, 2.45) is 0 Å². The molecule has 0 saturated carbocycles. The molecule has 6 heteroatoms. The Bertz CT molecular complexity index is 997. The number of carbonyl (C=O) groups excluding carboxylic acids is 2. The maximum absolute atomic E-state index is 12.4. The third-order valence-electron chi connectivity index (χ3n) is 4.09. The predicted octanol–water partition coefficient (Wildman–Crippen LogP) is 4.54. The molecular formula is C23H20O6. The van der Waals surface area contributed by atoms with E-state index in [0.29, 0.717) is 28.6 Å². The Morgan fingerprint density at radius 1 is 0.759 bits per heavy atom. The quantitative estimate of drug-likeness (QED) is 0.414. The van der Waals surface area contributed by atoms with Gasteiger partial charge in [0.05, 0.1) is 25.3 Å². The third kappa shape index (κ3) is 5.13. The summed E-state index contributed by atoms with van der Waals surface area (Å²) >= 11 is 0. The summed E-state index contributed by atoms with van der Waals surface area (Å²) in [5.41, 5.74) is 0.593. The van der Waals surface area contributed by atoms with Crippen molar-refractivity contribution in [3.63, 3.8) is 0 Å². The van der Waals surface area contributed by atoms with Crippen molar-refractivity contribution in [1.29, 1.82) is 0 Å². The first kappa shape index (κ1) is 19.9. The number of benzene rings is 3. The molecule has 0 atom stereocenters. The van der Waals surface area contributed by atoms with E-state index in [1.54, 1.807) is 42.5 Å². The zero-order valence-corrected chi connectivity index (χ0v) is 16.1. The predicted molar refractivity (Wildman–Crippen MR) is 107 cm³/mol. The molecule has 0 aliphatic rings. The summed E-state index contributed by atoms with van der Waals surface area (Å²) in [4.78, 5) is 24.8. The maximum Gasteiger partial charge on any atom is 0.338 e. The molecule has 0 amide bonds. The van der Waals surface area contributed by atoms with Gasteiger partial charge in [-0.2, -0.15) is 0 Å². The lowest BCUT2D eigenvalue weighted by atomic mass is 10.1. The monoisotopic (exact) mass is 392 g/mol. The van der Waals surface area contributed by atoms with Crippen molar-refractivity contribution in [2.45, 2.75) is 0 Å². The lowest BCUT2D eigenvalue weighted by Gasteiger charge is -2.10. The second-order valence-corrected chi connectivity index (χ2v) is 6.01. The zero-order valence-electron chi connectivity index (χ0n) is 16.1. The average Bonchev–Trinajstić information content (AvgIpc) is 2.77. The minimum absolute atomic E-state index is 0.285. The SMILES string of the molecule is COc1ccc(C(=O)COC(=O)c2cccc(Oc3ccccc3)c2)c(OC)c1. The van der Waals surface area contributed by atoms with E-state index in [-0.39, 0.29) is 11.3 Å². The Labute approximate surface area is 168 Å². The molecule has 0 aliphatic heterocycles. The zero-order chi connectivity index (χ0) is 20.6. The molecule has 0 fully saturated rings. The highest BCUT2D eigenvalue weighted by atomic mass is 16.5. The van der Waals surface area contributed by atoms with Crippen molar-refractivity contribution < 1.29 is 28.5 Å². The van der Waals surface area contributed by atoms with Crippen LogP contribution in [0.2, 0.25) is 0 Å². The third-order valence-corrected chi connectivity index (χ3v) is 4.09. The van der Waals surface area contributed by atoms with E-state index >= 15 is 0 Å². The van der Waals surface area contributed by atoms with Crippen LogP contribution in [0.1, 0.15) is 20.7 Å². The molecule has 0 aliphatic carbocycles. The van der Waals surface area contributed by atoms with Crippen LogP contribution in [0.25, 0.3) is 0 Å². The largest absolute Gasteiger partial charge is 0.497 e. The number of rotatable bonds is 8. The molecule has 29 heavy (non-hydrogen) atoms. The van der Waals surface area contributed by atoms with Gasteiger partial charge in [0.15, 0.2) is 6.61 Å². The molecular weight excluding hydrogens is 372 g/mol. The summed E-state index contributed by atoms with van der Waals surface area (Å²) in [5, 5.41) is 0. The summed E-state index contributed by atoms with van der Waals surface area (Å²) in [5.74, 6) is 1.06. The number of para-hydroxylation sites is 1. The minimum Gasteiger partial charge on any atom is -0.497 e. The number of esters is 1. The number of methoxy groups -OCH3 is 2. The van der Waals surface area contributed by atoms with Gasteiger partial charge < -0.3 is 18.9 Å². The van der Waals surface area contributed by atoms with Gasteiger partial charge >= 0.3 is 5.97 Å². The van der Waals surface area contributed by atoms with Gasteiger partial charge in [-0.15, -0.1) is 0 Å². The minimum atomic E-state index is -0.621. The molecule has 148 valence electrons. The van der Waals surface area contributed by atoms with Crippen molar-refractivity contribution >= 4 is 11.8 Å². The van der Waals surface area contributed by atoms with Crippen LogP contribution in [0.4, 0.5) is 0 Å². The molecule has 6 nitrogen and oxygen atoms in total. The number of hydrogen-bond donors (Lipinski definition) is 0. The molecule has 3 aromatic carbocycles. The lowest BCUT2D eigenvalue weighted by Crippen LogP contribution is -2.15. The van der Waals surface area contributed by atoms with Crippen molar-refractivity contribution in [3.8, 4) is 23.0 Å². The molecule has 0 heterocycles. The van der Waals surface area contributed by atoms with Crippen LogP contribution in [-0.4, -0.2) is 32.6 Å². The number of ether oxygens (including phenoxy) is 4. The van der Waals surface area contributed by atoms with E-state index < -0.39 is 12.6 Å². The van der Waals surface area contributed by atoms with Gasteiger partial charge in [0, 0.05) is 6.07 Å². The number of hydrogen-bond acceptors (Lipinski definition) is 6. The fourth-order valence-corrected chi connectivity index (χ4v) is 2.63. The van der Waals surface area contributed by atoms with Crippen LogP contribution in [0, 0.1) is 0 Å². The molecule has 0 bridgehead atoms. The van der Waals surface area contributed by atoms with Crippen molar-refractivity contribution in [3.05, 3.63) is 83.9 Å². The van der Waals surface area contributed by atoms with E-state index in [4.69, 9.17) is 18.9 Å². The van der Waals surface area contributed by atoms with Gasteiger partial charge in [-0.1, -0.05) is 24.3 Å². The van der Waals surface area contributed by atoms with Crippen LogP contribution in [0.3, 0.4) is 0 Å². The molecule has 0 unspecified atom stereocenters. The highest BCUT2D eigenvalue weighted by molar-refractivity contribution is 6.01. The van der Waals surface area contributed by atoms with Gasteiger partial charge in [-0.3, -0.25) is 4.79 Å². The fraction of sp³-hybridized carbons (Fsp3) is 0.130. The van der Waals surface area contributed by atoms with Crippen molar-refractivity contribution in [1.82, 2.24) is 0 Å². The Morgan fingerprint density at radius 2 is 1.52 bits per heavy atom. The molecule has 0 spiro atoms. The molecule has 0 radical (unpaired) electrons. The van der Waals surface area contributed by atoms with Crippen LogP contribution < -0.4 is 14.2 Å². The summed E-state index contributed by atoms with van der Waals surface area (Å²) in [6.45, 7) is -0.411. The van der Waals surface area contributed by atoms with E-state index in [0.717, 1.165) is 0 Å². The summed E-state index contributed by atoms with van der Waals surface area (Å²) in [6, 6.07) is 20.6. The Kier molecular flexibility index (Phi) is 6.47. The average molecular weight is 392 g/mol. The Hall–Kier alpha value is -3.80. The summed E-state index contributed by atoms with van der Waals surface area (Å²) in [6.07, 6.45) is 0. The summed E-state index contributed by atoms with van der Waals surface area (Å²) in [7, 11) is 2.98. The lowest BCUT2D eigenvalue weighted by molar-refractivity contribution is 0.0473. The van der Waals surface area contributed by atoms with E-state index in [1.807, 2.05) is 30.3 Å². The second kappa shape index (κ2) is 9.41. The van der Waals surface area contributed by atoms with Gasteiger partial charge in [0.2, 0.25) is 5.78 Å². The Morgan fingerprint density at radius 3 is 2.24 bits per heavy atom. The van der Waals surface area contributed by atoms with Gasteiger partial charge in [-0.25, -0.2) is 4.79 Å². The molecule has 0 N–H and O–H groups in total.